The average Bonchev–Trinajstić information content (AvgIpc) is 3.23. The summed E-state index contributed by atoms with van der Waals surface area (Å²) in [5.74, 6) is 1.73. The minimum Gasteiger partial charge on any atom is -0.465 e. The molecular formula is C19H24N2O4. The molecule has 0 bridgehead atoms. The molecule has 6 nitrogen and oxygen atoms in total. The SMILES string of the molecule is COC[C@H](N[C@H](C)c1cccc(N2CCOC2=O)c1)c1ccc(C)o1. The van der Waals surface area contributed by atoms with E-state index in [2.05, 4.69) is 12.2 Å². The highest BCUT2D eigenvalue weighted by atomic mass is 16.6. The molecule has 1 aliphatic rings. The minimum absolute atomic E-state index is 0.0471. The second-order valence-corrected chi connectivity index (χ2v) is 6.21. The molecule has 0 spiro atoms. The molecule has 3 rings (SSSR count). The van der Waals surface area contributed by atoms with Crippen LogP contribution in [0.3, 0.4) is 0 Å². The summed E-state index contributed by atoms with van der Waals surface area (Å²) in [5.41, 5.74) is 1.94. The number of aryl methyl sites for hydroxylation is 1. The van der Waals surface area contributed by atoms with Crippen LogP contribution in [-0.2, 0) is 9.47 Å². The highest BCUT2D eigenvalue weighted by molar-refractivity contribution is 5.89. The molecule has 1 saturated heterocycles. The number of hydrogen-bond acceptors (Lipinski definition) is 5. The van der Waals surface area contributed by atoms with Crippen molar-refractivity contribution in [2.75, 3.05) is 31.8 Å². The Kier molecular flexibility index (Phi) is 5.40. The van der Waals surface area contributed by atoms with Crippen LogP contribution < -0.4 is 10.2 Å². The first-order chi connectivity index (χ1) is 12.1. The Morgan fingerprint density at radius 1 is 1.32 bits per heavy atom. The third-order valence-electron chi connectivity index (χ3n) is 4.33. The van der Waals surface area contributed by atoms with Gasteiger partial charge in [0.2, 0.25) is 0 Å². The molecule has 0 unspecified atom stereocenters. The molecule has 1 aromatic heterocycles. The maximum absolute atomic E-state index is 11.8. The zero-order valence-electron chi connectivity index (χ0n) is 14.8. The van der Waals surface area contributed by atoms with Crippen molar-refractivity contribution in [3.05, 3.63) is 53.5 Å². The average molecular weight is 344 g/mol. The maximum atomic E-state index is 11.8. The number of cyclic esters (lactones) is 1. The maximum Gasteiger partial charge on any atom is 0.414 e. The van der Waals surface area contributed by atoms with Gasteiger partial charge in [0, 0.05) is 18.8 Å². The molecule has 1 aliphatic heterocycles. The van der Waals surface area contributed by atoms with Crippen molar-refractivity contribution in [1.29, 1.82) is 0 Å². The van der Waals surface area contributed by atoms with Crippen LogP contribution in [-0.4, -0.2) is 33.0 Å². The largest absolute Gasteiger partial charge is 0.465 e. The van der Waals surface area contributed by atoms with Crippen molar-refractivity contribution >= 4 is 11.8 Å². The first-order valence-electron chi connectivity index (χ1n) is 8.44. The lowest BCUT2D eigenvalue weighted by atomic mass is 10.1. The van der Waals surface area contributed by atoms with Gasteiger partial charge >= 0.3 is 6.09 Å². The first-order valence-corrected chi connectivity index (χ1v) is 8.44. The number of nitrogens with zero attached hydrogens (tertiary/aromatic N) is 1. The Labute approximate surface area is 147 Å². The molecule has 25 heavy (non-hydrogen) atoms. The summed E-state index contributed by atoms with van der Waals surface area (Å²) < 4.78 is 16.1. The van der Waals surface area contributed by atoms with Gasteiger partial charge in [-0.3, -0.25) is 10.2 Å². The van der Waals surface area contributed by atoms with Gasteiger partial charge in [0.25, 0.3) is 0 Å². The number of carbonyl (C=O) groups is 1. The molecule has 1 N–H and O–H groups in total. The van der Waals surface area contributed by atoms with E-state index in [1.165, 1.54) is 0 Å². The smallest absolute Gasteiger partial charge is 0.414 e. The van der Waals surface area contributed by atoms with Crippen molar-refractivity contribution in [3.63, 3.8) is 0 Å². The van der Waals surface area contributed by atoms with E-state index in [0.717, 1.165) is 22.8 Å². The van der Waals surface area contributed by atoms with Gasteiger partial charge in [-0.15, -0.1) is 0 Å². The van der Waals surface area contributed by atoms with Gasteiger partial charge in [0.1, 0.15) is 18.1 Å². The van der Waals surface area contributed by atoms with Crippen molar-refractivity contribution in [2.24, 2.45) is 0 Å². The standard InChI is InChI=1S/C19H24N2O4/c1-13-7-8-18(25-13)17(12-23-3)20-14(2)15-5-4-6-16(11-15)21-9-10-24-19(21)22/h4-8,11,14,17,20H,9-10,12H2,1-3H3/t14-,17+/m1/s1. The molecule has 2 heterocycles. The molecular weight excluding hydrogens is 320 g/mol. The third kappa shape index (κ3) is 4.03. The Morgan fingerprint density at radius 3 is 2.80 bits per heavy atom. The zero-order chi connectivity index (χ0) is 17.8. The van der Waals surface area contributed by atoms with Crippen LogP contribution in [0.1, 0.15) is 36.1 Å². The summed E-state index contributed by atoms with van der Waals surface area (Å²) in [6.45, 7) is 5.54. The normalized spacial score (nSPS) is 16.8. The molecule has 0 saturated carbocycles. The van der Waals surface area contributed by atoms with Crippen LogP contribution in [0.5, 0.6) is 0 Å². The zero-order valence-corrected chi connectivity index (χ0v) is 14.8. The van der Waals surface area contributed by atoms with Gasteiger partial charge in [-0.25, -0.2) is 4.79 Å². The number of furan rings is 1. The van der Waals surface area contributed by atoms with E-state index in [0.29, 0.717) is 19.8 Å². The molecule has 0 radical (unpaired) electrons. The lowest BCUT2D eigenvalue weighted by Crippen LogP contribution is -2.28. The van der Waals surface area contributed by atoms with Gasteiger partial charge in [0.15, 0.2) is 0 Å². The second-order valence-electron chi connectivity index (χ2n) is 6.21. The van der Waals surface area contributed by atoms with Gasteiger partial charge in [-0.05, 0) is 43.7 Å². The fraction of sp³-hybridized carbons (Fsp3) is 0.421. The van der Waals surface area contributed by atoms with E-state index in [1.54, 1.807) is 12.0 Å². The number of benzene rings is 1. The van der Waals surface area contributed by atoms with Crippen LogP contribution in [0.15, 0.2) is 40.8 Å². The number of rotatable bonds is 7. The highest BCUT2D eigenvalue weighted by Gasteiger charge is 2.24. The monoisotopic (exact) mass is 344 g/mol. The van der Waals surface area contributed by atoms with Gasteiger partial charge in [-0.2, -0.15) is 0 Å². The van der Waals surface area contributed by atoms with Crippen molar-refractivity contribution in [3.8, 4) is 0 Å². The van der Waals surface area contributed by atoms with Crippen LogP contribution in [0, 0.1) is 6.92 Å². The predicted molar refractivity (Wildman–Crippen MR) is 94.7 cm³/mol. The van der Waals surface area contributed by atoms with E-state index < -0.39 is 0 Å². The van der Waals surface area contributed by atoms with Crippen LogP contribution in [0.2, 0.25) is 0 Å². The van der Waals surface area contributed by atoms with Crippen LogP contribution in [0.4, 0.5) is 10.5 Å². The summed E-state index contributed by atoms with van der Waals surface area (Å²) in [5, 5.41) is 3.54. The number of ether oxygens (including phenoxy) is 2. The Bertz CT molecular complexity index is 728. The van der Waals surface area contributed by atoms with Gasteiger partial charge in [0.05, 0.1) is 19.2 Å². The van der Waals surface area contributed by atoms with Gasteiger partial charge < -0.3 is 13.9 Å². The highest BCUT2D eigenvalue weighted by Crippen LogP contribution is 2.26. The number of amides is 1. The molecule has 1 amide bonds. The van der Waals surface area contributed by atoms with Crippen LogP contribution >= 0.6 is 0 Å². The lowest BCUT2D eigenvalue weighted by molar-refractivity contribution is 0.151. The number of methoxy groups -OCH3 is 1. The fourth-order valence-electron chi connectivity index (χ4n) is 3.01. The summed E-state index contributed by atoms with van der Waals surface area (Å²) in [7, 11) is 1.68. The van der Waals surface area contributed by atoms with E-state index >= 15 is 0 Å². The van der Waals surface area contributed by atoms with E-state index in [-0.39, 0.29) is 18.2 Å². The van der Waals surface area contributed by atoms with E-state index in [1.807, 2.05) is 43.3 Å². The summed E-state index contributed by atoms with van der Waals surface area (Å²) in [6.07, 6.45) is -0.291. The number of hydrogen-bond donors (Lipinski definition) is 1. The predicted octanol–water partition coefficient (Wildman–Crippen LogP) is 3.58. The minimum atomic E-state index is -0.291. The molecule has 134 valence electrons. The van der Waals surface area contributed by atoms with Crippen molar-refractivity contribution in [2.45, 2.75) is 25.9 Å². The number of carbonyl (C=O) groups excluding carboxylic acids is 1. The van der Waals surface area contributed by atoms with E-state index in [4.69, 9.17) is 13.9 Å². The third-order valence-corrected chi connectivity index (χ3v) is 4.33. The molecule has 0 aliphatic carbocycles. The summed E-state index contributed by atoms with van der Waals surface area (Å²) in [6, 6.07) is 11.9. The number of nitrogens with one attached hydrogen (secondary N) is 1. The Hall–Kier alpha value is -2.31. The summed E-state index contributed by atoms with van der Waals surface area (Å²) in [4.78, 5) is 13.4. The van der Waals surface area contributed by atoms with Crippen LogP contribution in [0.25, 0.3) is 0 Å². The molecule has 2 aromatic rings. The van der Waals surface area contributed by atoms with Crippen molar-refractivity contribution < 1.29 is 18.7 Å². The Balaban J connectivity index is 1.75. The first kappa shape index (κ1) is 17.5. The van der Waals surface area contributed by atoms with Gasteiger partial charge in [-0.1, -0.05) is 12.1 Å². The lowest BCUT2D eigenvalue weighted by Gasteiger charge is -2.23. The fourth-order valence-corrected chi connectivity index (χ4v) is 3.01. The molecule has 1 fully saturated rings. The number of anilines is 1. The quantitative estimate of drug-likeness (QED) is 0.832. The molecule has 6 heteroatoms. The molecule has 1 aromatic carbocycles. The summed E-state index contributed by atoms with van der Waals surface area (Å²) >= 11 is 0. The van der Waals surface area contributed by atoms with Crippen molar-refractivity contribution in [1.82, 2.24) is 5.32 Å². The molecule has 2 atom stereocenters. The van der Waals surface area contributed by atoms with E-state index in [9.17, 15) is 4.79 Å². The Morgan fingerprint density at radius 2 is 2.16 bits per heavy atom. The second kappa shape index (κ2) is 7.72. The topological polar surface area (TPSA) is 63.9 Å².